The summed E-state index contributed by atoms with van der Waals surface area (Å²) in [6.07, 6.45) is 1.91. The van der Waals surface area contributed by atoms with Crippen molar-refractivity contribution in [1.82, 2.24) is 5.43 Å². The van der Waals surface area contributed by atoms with Crippen LogP contribution in [0.2, 0.25) is 0 Å². The first-order chi connectivity index (χ1) is 11.5. The summed E-state index contributed by atoms with van der Waals surface area (Å²) >= 11 is 0. The van der Waals surface area contributed by atoms with E-state index in [9.17, 15) is 13.2 Å². The molecule has 6 nitrogen and oxygen atoms in total. The minimum atomic E-state index is -3.07. The Morgan fingerprint density at radius 1 is 1.25 bits per heavy atom. The van der Waals surface area contributed by atoms with E-state index in [1.54, 1.807) is 13.3 Å². The maximum Gasteiger partial charge on any atom is 0.244 e. The molecule has 1 atom stereocenters. The molecule has 1 aliphatic rings. The number of carbonyl (C=O) groups is 1. The number of benzene rings is 2. The largest absolute Gasteiger partial charge is 0.497 e. The van der Waals surface area contributed by atoms with Gasteiger partial charge in [-0.3, -0.25) is 4.79 Å². The average Bonchev–Trinajstić information content (AvgIpc) is 2.94. The third-order valence-corrected chi connectivity index (χ3v) is 5.83. The first-order valence-corrected chi connectivity index (χ1v) is 9.40. The number of nitrogens with one attached hydrogen (secondary N) is 1. The molecule has 0 spiro atoms. The zero-order valence-electron chi connectivity index (χ0n) is 13.2. The second kappa shape index (κ2) is 6.60. The van der Waals surface area contributed by atoms with Gasteiger partial charge < -0.3 is 4.74 Å². The van der Waals surface area contributed by atoms with Crippen molar-refractivity contribution in [3.05, 3.63) is 42.0 Å². The molecule has 0 aromatic heterocycles. The standard InChI is InChI=1S/C17H18N2O4S/c1-23-16-5-4-13-8-12(2-3-14(13)9-16)10-18-19-17(20)15-6-7-24(21,22)11-15/h2-5,8-10,15H,6-7,11H2,1H3,(H,19,20)/b18-10-/t15-/m0/s1. The molecular weight excluding hydrogens is 328 g/mol. The molecule has 0 unspecified atom stereocenters. The Bertz CT molecular complexity index is 906. The van der Waals surface area contributed by atoms with Crippen LogP contribution in [0.3, 0.4) is 0 Å². The van der Waals surface area contributed by atoms with Gasteiger partial charge in [0.05, 0.1) is 30.7 Å². The molecule has 1 heterocycles. The second-order valence-electron chi connectivity index (χ2n) is 5.81. The Morgan fingerprint density at radius 2 is 2.00 bits per heavy atom. The van der Waals surface area contributed by atoms with Gasteiger partial charge in [-0.15, -0.1) is 0 Å². The van der Waals surface area contributed by atoms with E-state index in [0.717, 1.165) is 22.1 Å². The Morgan fingerprint density at radius 3 is 2.71 bits per heavy atom. The lowest BCUT2D eigenvalue weighted by Crippen LogP contribution is -2.27. The van der Waals surface area contributed by atoms with Gasteiger partial charge in [0, 0.05) is 0 Å². The van der Waals surface area contributed by atoms with Crippen LogP contribution in [0.15, 0.2) is 41.5 Å². The molecule has 1 saturated heterocycles. The van der Waals surface area contributed by atoms with Crippen LogP contribution in [0.5, 0.6) is 5.75 Å². The normalized spacial score (nSPS) is 19.6. The van der Waals surface area contributed by atoms with Gasteiger partial charge in [0.1, 0.15) is 5.75 Å². The molecule has 0 bridgehead atoms. The molecule has 0 saturated carbocycles. The second-order valence-corrected chi connectivity index (χ2v) is 8.04. The third-order valence-electron chi connectivity index (χ3n) is 4.06. The van der Waals surface area contributed by atoms with Crippen LogP contribution in [-0.2, 0) is 14.6 Å². The fraction of sp³-hybridized carbons (Fsp3) is 0.294. The number of hydrazone groups is 1. The number of nitrogens with zero attached hydrogens (tertiary/aromatic N) is 1. The van der Waals surface area contributed by atoms with Gasteiger partial charge in [-0.25, -0.2) is 13.8 Å². The lowest BCUT2D eigenvalue weighted by molar-refractivity contribution is -0.124. The van der Waals surface area contributed by atoms with E-state index in [1.807, 2.05) is 36.4 Å². The van der Waals surface area contributed by atoms with Crippen molar-refractivity contribution < 1.29 is 17.9 Å². The molecule has 7 heteroatoms. The van der Waals surface area contributed by atoms with E-state index in [0.29, 0.717) is 6.42 Å². The predicted molar refractivity (Wildman–Crippen MR) is 93.0 cm³/mol. The van der Waals surface area contributed by atoms with Crippen molar-refractivity contribution in [2.45, 2.75) is 6.42 Å². The van der Waals surface area contributed by atoms with E-state index < -0.39 is 15.8 Å². The van der Waals surface area contributed by atoms with E-state index in [2.05, 4.69) is 10.5 Å². The number of methoxy groups -OCH3 is 1. The van der Waals surface area contributed by atoms with Crippen LogP contribution in [-0.4, -0.2) is 39.2 Å². The van der Waals surface area contributed by atoms with Crippen molar-refractivity contribution in [2.24, 2.45) is 11.0 Å². The van der Waals surface area contributed by atoms with Gasteiger partial charge in [-0.05, 0) is 41.0 Å². The first-order valence-electron chi connectivity index (χ1n) is 7.58. The molecule has 0 radical (unpaired) electrons. The Balaban J connectivity index is 1.66. The molecule has 1 fully saturated rings. The molecule has 126 valence electrons. The monoisotopic (exact) mass is 346 g/mol. The zero-order chi connectivity index (χ0) is 17.2. The van der Waals surface area contributed by atoms with Gasteiger partial charge in [-0.2, -0.15) is 5.10 Å². The van der Waals surface area contributed by atoms with E-state index in [4.69, 9.17) is 4.74 Å². The van der Waals surface area contributed by atoms with E-state index >= 15 is 0 Å². The number of amides is 1. The van der Waals surface area contributed by atoms with Gasteiger partial charge in [0.25, 0.3) is 0 Å². The van der Waals surface area contributed by atoms with Crippen LogP contribution in [0, 0.1) is 5.92 Å². The highest BCUT2D eigenvalue weighted by Crippen LogP contribution is 2.21. The van der Waals surface area contributed by atoms with Crippen LogP contribution in [0.4, 0.5) is 0 Å². The maximum atomic E-state index is 11.9. The quantitative estimate of drug-likeness (QED) is 0.675. The lowest BCUT2D eigenvalue weighted by atomic mass is 10.1. The fourth-order valence-corrected chi connectivity index (χ4v) is 4.45. The molecule has 1 aliphatic heterocycles. The Kier molecular flexibility index (Phi) is 4.53. The summed E-state index contributed by atoms with van der Waals surface area (Å²) < 4.78 is 28.0. The summed E-state index contributed by atoms with van der Waals surface area (Å²) in [6.45, 7) is 0. The molecule has 3 rings (SSSR count). The predicted octanol–water partition coefficient (Wildman–Crippen LogP) is 1.73. The zero-order valence-corrected chi connectivity index (χ0v) is 14.0. The lowest BCUT2D eigenvalue weighted by Gasteiger charge is -2.05. The first kappa shape index (κ1) is 16.4. The molecule has 0 aliphatic carbocycles. The third kappa shape index (κ3) is 3.73. The van der Waals surface area contributed by atoms with Gasteiger partial charge in [0.2, 0.25) is 5.91 Å². The van der Waals surface area contributed by atoms with Gasteiger partial charge >= 0.3 is 0 Å². The van der Waals surface area contributed by atoms with E-state index in [1.165, 1.54) is 0 Å². The molecule has 24 heavy (non-hydrogen) atoms. The van der Waals surface area contributed by atoms with Crippen LogP contribution < -0.4 is 10.2 Å². The van der Waals surface area contributed by atoms with Crippen molar-refractivity contribution >= 4 is 32.7 Å². The fourth-order valence-electron chi connectivity index (χ4n) is 2.71. The van der Waals surface area contributed by atoms with Crippen LogP contribution >= 0.6 is 0 Å². The van der Waals surface area contributed by atoms with Crippen LogP contribution in [0.25, 0.3) is 10.8 Å². The SMILES string of the molecule is COc1ccc2cc(/C=N\NC(=O)[C@H]3CCS(=O)(=O)C3)ccc2c1. The summed E-state index contributed by atoms with van der Waals surface area (Å²) in [5.41, 5.74) is 3.26. The summed E-state index contributed by atoms with van der Waals surface area (Å²) in [6, 6.07) is 11.6. The summed E-state index contributed by atoms with van der Waals surface area (Å²) in [5, 5.41) is 6.01. The maximum absolute atomic E-state index is 11.9. The molecule has 1 amide bonds. The summed E-state index contributed by atoms with van der Waals surface area (Å²) in [7, 11) is -1.45. The van der Waals surface area contributed by atoms with Crippen molar-refractivity contribution in [2.75, 3.05) is 18.6 Å². The topological polar surface area (TPSA) is 84.8 Å². The number of ether oxygens (including phenoxy) is 1. The van der Waals surface area contributed by atoms with Crippen molar-refractivity contribution in [3.8, 4) is 5.75 Å². The smallest absolute Gasteiger partial charge is 0.244 e. The highest BCUT2D eigenvalue weighted by Gasteiger charge is 2.32. The number of rotatable bonds is 4. The molecular formula is C17H18N2O4S. The Hall–Kier alpha value is -2.41. The number of fused-ring (bicyclic) bond motifs is 1. The number of hydrogen-bond donors (Lipinski definition) is 1. The van der Waals surface area contributed by atoms with Gasteiger partial charge in [0.15, 0.2) is 9.84 Å². The number of sulfone groups is 1. The highest BCUT2D eigenvalue weighted by atomic mass is 32.2. The van der Waals surface area contributed by atoms with Crippen molar-refractivity contribution in [1.29, 1.82) is 0 Å². The minimum Gasteiger partial charge on any atom is -0.497 e. The van der Waals surface area contributed by atoms with E-state index in [-0.39, 0.29) is 17.4 Å². The minimum absolute atomic E-state index is 0.0724. The molecule has 1 N–H and O–H groups in total. The van der Waals surface area contributed by atoms with Crippen LogP contribution in [0.1, 0.15) is 12.0 Å². The molecule has 2 aromatic rings. The average molecular weight is 346 g/mol. The van der Waals surface area contributed by atoms with Gasteiger partial charge in [-0.1, -0.05) is 18.2 Å². The molecule has 2 aromatic carbocycles. The number of carbonyl (C=O) groups excluding carboxylic acids is 1. The Labute approximate surface area is 140 Å². The summed E-state index contributed by atoms with van der Waals surface area (Å²) in [5.74, 6) is -0.0773. The number of hydrogen-bond acceptors (Lipinski definition) is 5. The highest BCUT2D eigenvalue weighted by molar-refractivity contribution is 7.91. The summed E-state index contributed by atoms with van der Waals surface area (Å²) in [4.78, 5) is 11.9. The van der Waals surface area contributed by atoms with Crippen molar-refractivity contribution in [3.63, 3.8) is 0 Å².